The zero-order valence-corrected chi connectivity index (χ0v) is 12.8. The van der Waals surface area contributed by atoms with Gasteiger partial charge in [0.1, 0.15) is 11.4 Å². The van der Waals surface area contributed by atoms with E-state index in [2.05, 4.69) is 21.2 Å². The van der Waals surface area contributed by atoms with Gasteiger partial charge in [-0.1, -0.05) is 15.9 Å². The highest BCUT2D eigenvalue weighted by Gasteiger charge is 2.26. The summed E-state index contributed by atoms with van der Waals surface area (Å²) in [6.45, 7) is 4.96. The first-order valence-corrected chi connectivity index (χ1v) is 6.56. The van der Waals surface area contributed by atoms with E-state index in [-0.39, 0.29) is 5.56 Å². The molecular formula is C13H15BrFNO4. The van der Waals surface area contributed by atoms with Gasteiger partial charge in [0.25, 0.3) is 0 Å². The Hall–Kier alpha value is -1.63. The molecule has 1 atom stereocenters. The Morgan fingerprint density at radius 3 is 2.40 bits per heavy atom. The van der Waals surface area contributed by atoms with Crippen molar-refractivity contribution in [2.75, 3.05) is 0 Å². The van der Waals surface area contributed by atoms with E-state index in [4.69, 9.17) is 9.84 Å². The summed E-state index contributed by atoms with van der Waals surface area (Å²) < 4.78 is 18.7. The van der Waals surface area contributed by atoms with Gasteiger partial charge in [0.2, 0.25) is 0 Å². The number of aliphatic carboxylic acids is 1. The number of hydrogen-bond donors (Lipinski definition) is 2. The lowest BCUT2D eigenvalue weighted by atomic mass is 10.1. The van der Waals surface area contributed by atoms with E-state index in [9.17, 15) is 14.0 Å². The molecular weight excluding hydrogens is 333 g/mol. The minimum absolute atomic E-state index is 0.107. The van der Waals surface area contributed by atoms with Crippen LogP contribution in [0.25, 0.3) is 0 Å². The molecule has 0 radical (unpaired) electrons. The Balaban J connectivity index is 2.95. The SMILES string of the molecule is CC(C)(C)OC(=O)N[C@@H](C(=O)O)c1cc(F)cc(Br)c1. The number of benzene rings is 1. The third-order valence-electron chi connectivity index (χ3n) is 2.13. The minimum Gasteiger partial charge on any atom is -0.479 e. The van der Waals surface area contributed by atoms with Crippen LogP contribution in [-0.4, -0.2) is 22.8 Å². The van der Waals surface area contributed by atoms with Crippen LogP contribution >= 0.6 is 15.9 Å². The van der Waals surface area contributed by atoms with Gasteiger partial charge in [-0.05, 0) is 44.5 Å². The van der Waals surface area contributed by atoms with Crippen LogP contribution in [0.4, 0.5) is 9.18 Å². The third-order valence-corrected chi connectivity index (χ3v) is 2.58. The van der Waals surface area contributed by atoms with Gasteiger partial charge in [-0.15, -0.1) is 0 Å². The molecule has 0 aliphatic heterocycles. The number of rotatable bonds is 3. The molecule has 1 aromatic rings. The van der Waals surface area contributed by atoms with Crippen molar-refractivity contribution in [3.8, 4) is 0 Å². The van der Waals surface area contributed by atoms with E-state index < -0.39 is 29.5 Å². The quantitative estimate of drug-likeness (QED) is 0.879. The van der Waals surface area contributed by atoms with Crippen LogP contribution in [0, 0.1) is 5.82 Å². The molecule has 0 aliphatic carbocycles. The highest BCUT2D eigenvalue weighted by molar-refractivity contribution is 9.10. The molecule has 0 spiro atoms. The number of hydrogen-bond acceptors (Lipinski definition) is 3. The number of halogens is 2. The molecule has 0 aromatic heterocycles. The lowest BCUT2D eigenvalue weighted by Crippen LogP contribution is -2.38. The fourth-order valence-corrected chi connectivity index (χ4v) is 1.94. The maximum atomic E-state index is 13.3. The standard InChI is InChI=1S/C13H15BrFNO4/c1-13(2,3)20-12(19)16-10(11(17)18)7-4-8(14)6-9(15)5-7/h4-6,10H,1-3H3,(H,16,19)(H,17,18)/t10-/m1/s1. The summed E-state index contributed by atoms with van der Waals surface area (Å²) in [5.74, 6) is -1.92. The summed E-state index contributed by atoms with van der Waals surface area (Å²) in [6.07, 6.45) is -0.884. The second kappa shape index (κ2) is 6.21. The topological polar surface area (TPSA) is 75.6 Å². The number of nitrogens with one attached hydrogen (secondary N) is 1. The van der Waals surface area contributed by atoms with E-state index in [0.717, 1.165) is 6.07 Å². The van der Waals surface area contributed by atoms with Gasteiger partial charge in [0.05, 0.1) is 0 Å². The van der Waals surface area contributed by atoms with Crippen LogP contribution in [0.3, 0.4) is 0 Å². The molecule has 20 heavy (non-hydrogen) atoms. The maximum Gasteiger partial charge on any atom is 0.408 e. The van der Waals surface area contributed by atoms with Crippen LogP contribution in [0.1, 0.15) is 32.4 Å². The second-order valence-electron chi connectivity index (χ2n) is 5.12. The van der Waals surface area contributed by atoms with Crippen LogP contribution in [0.15, 0.2) is 22.7 Å². The van der Waals surface area contributed by atoms with Gasteiger partial charge in [-0.2, -0.15) is 0 Å². The van der Waals surface area contributed by atoms with E-state index in [1.54, 1.807) is 20.8 Å². The number of carbonyl (C=O) groups excluding carboxylic acids is 1. The van der Waals surface area contributed by atoms with Crippen LogP contribution in [0.5, 0.6) is 0 Å². The smallest absolute Gasteiger partial charge is 0.408 e. The molecule has 0 saturated heterocycles. The molecule has 0 saturated carbocycles. The van der Waals surface area contributed by atoms with Gasteiger partial charge in [0, 0.05) is 4.47 Å². The number of amides is 1. The molecule has 110 valence electrons. The summed E-state index contributed by atoms with van der Waals surface area (Å²) in [5.41, 5.74) is -0.648. The minimum atomic E-state index is -1.39. The van der Waals surface area contributed by atoms with Crippen LogP contribution in [0.2, 0.25) is 0 Å². The largest absolute Gasteiger partial charge is 0.479 e. The monoisotopic (exact) mass is 347 g/mol. The summed E-state index contributed by atoms with van der Waals surface area (Å²) in [5, 5.41) is 11.3. The number of carboxylic acid groups (broad SMARTS) is 1. The normalized spacial score (nSPS) is 12.7. The number of ether oxygens (including phenoxy) is 1. The Morgan fingerprint density at radius 1 is 1.35 bits per heavy atom. The van der Waals surface area contributed by atoms with Crippen molar-refractivity contribution in [1.29, 1.82) is 0 Å². The molecule has 0 fully saturated rings. The molecule has 0 unspecified atom stereocenters. The van der Waals surface area contributed by atoms with Gasteiger partial charge < -0.3 is 15.2 Å². The lowest BCUT2D eigenvalue weighted by molar-refractivity contribution is -0.139. The second-order valence-corrected chi connectivity index (χ2v) is 6.04. The molecule has 0 aliphatic rings. The summed E-state index contributed by atoms with van der Waals surface area (Å²) in [4.78, 5) is 22.8. The molecule has 2 N–H and O–H groups in total. The Morgan fingerprint density at radius 2 is 1.95 bits per heavy atom. The highest BCUT2D eigenvalue weighted by Crippen LogP contribution is 2.21. The Kier molecular flexibility index (Phi) is 5.10. The molecule has 1 rings (SSSR count). The zero-order chi connectivity index (χ0) is 15.5. The van der Waals surface area contributed by atoms with Gasteiger partial charge >= 0.3 is 12.1 Å². The van der Waals surface area contributed by atoms with E-state index in [1.165, 1.54) is 12.1 Å². The van der Waals surface area contributed by atoms with Crippen molar-refractivity contribution < 1.29 is 23.8 Å². The molecule has 0 bridgehead atoms. The van der Waals surface area contributed by atoms with Crippen molar-refractivity contribution in [2.45, 2.75) is 32.4 Å². The zero-order valence-electron chi connectivity index (χ0n) is 11.2. The van der Waals surface area contributed by atoms with Crippen molar-refractivity contribution >= 4 is 28.0 Å². The predicted octanol–water partition coefficient (Wildman–Crippen LogP) is 3.24. The maximum absolute atomic E-state index is 13.3. The first-order chi connectivity index (χ1) is 9.08. The van der Waals surface area contributed by atoms with Gasteiger partial charge in [0.15, 0.2) is 6.04 Å². The van der Waals surface area contributed by atoms with Gasteiger partial charge in [-0.25, -0.2) is 14.0 Å². The Bertz CT molecular complexity index is 507. The third kappa shape index (κ3) is 5.16. The number of alkyl carbamates (subject to hydrolysis) is 1. The fourth-order valence-electron chi connectivity index (χ4n) is 1.45. The van der Waals surface area contributed by atoms with Crippen molar-refractivity contribution in [2.24, 2.45) is 0 Å². The van der Waals surface area contributed by atoms with Crippen molar-refractivity contribution in [1.82, 2.24) is 5.32 Å². The number of carboxylic acids is 1. The summed E-state index contributed by atoms with van der Waals surface area (Å²) >= 11 is 3.07. The molecule has 5 nitrogen and oxygen atoms in total. The molecule has 1 amide bonds. The summed E-state index contributed by atoms with van der Waals surface area (Å²) in [6, 6.07) is 2.26. The molecule has 0 heterocycles. The first-order valence-electron chi connectivity index (χ1n) is 5.77. The average molecular weight is 348 g/mol. The van der Waals surface area contributed by atoms with E-state index in [1.807, 2.05) is 0 Å². The van der Waals surface area contributed by atoms with Crippen LogP contribution in [-0.2, 0) is 9.53 Å². The van der Waals surface area contributed by atoms with Crippen LogP contribution < -0.4 is 5.32 Å². The first kappa shape index (κ1) is 16.4. The van der Waals surface area contributed by atoms with E-state index in [0.29, 0.717) is 4.47 Å². The summed E-state index contributed by atoms with van der Waals surface area (Å²) in [7, 11) is 0. The fraction of sp³-hybridized carbons (Fsp3) is 0.385. The van der Waals surface area contributed by atoms with E-state index >= 15 is 0 Å². The lowest BCUT2D eigenvalue weighted by Gasteiger charge is -2.22. The highest BCUT2D eigenvalue weighted by atomic mass is 79.9. The predicted molar refractivity (Wildman–Crippen MR) is 73.8 cm³/mol. The van der Waals surface area contributed by atoms with Gasteiger partial charge in [-0.3, -0.25) is 0 Å². The van der Waals surface area contributed by atoms with Crippen molar-refractivity contribution in [3.05, 3.63) is 34.1 Å². The molecule has 1 aromatic carbocycles. The Labute approximate surface area is 124 Å². The van der Waals surface area contributed by atoms with Crippen molar-refractivity contribution in [3.63, 3.8) is 0 Å². The average Bonchev–Trinajstić information content (AvgIpc) is 2.21. The number of carbonyl (C=O) groups is 2. The molecule has 7 heteroatoms.